The number of rotatable bonds is 5. The maximum Gasteiger partial charge on any atom is 0.120 e. The number of aliphatic hydroxyl groups is 1. The van der Waals surface area contributed by atoms with E-state index in [1.807, 2.05) is 24.3 Å². The lowest BCUT2D eigenvalue weighted by Crippen LogP contribution is -2.26. The topological polar surface area (TPSA) is 29.5 Å². The summed E-state index contributed by atoms with van der Waals surface area (Å²) in [4.78, 5) is 0. The van der Waals surface area contributed by atoms with Crippen molar-refractivity contribution in [1.82, 2.24) is 0 Å². The normalized spacial score (nSPS) is 33.2. The number of hydrogen-bond donors (Lipinski definition) is 1. The van der Waals surface area contributed by atoms with Crippen molar-refractivity contribution in [2.24, 2.45) is 17.3 Å². The van der Waals surface area contributed by atoms with Crippen LogP contribution < -0.4 is 4.74 Å². The van der Waals surface area contributed by atoms with Gasteiger partial charge in [-0.3, -0.25) is 0 Å². The van der Waals surface area contributed by atoms with Crippen LogP contribution >= 0.6 is 15.9 Å². The molecule has 1 aromatic rings. The number of fused-ring (bicyclic) bond motifs is 1. The molecule has 0 spiro atoms. The number of hydrogen-bond acceptors (Lipinski definition) is 2. The molecule has 2 saturated carbocycles. The first-order chi connectivity index (χ1) is 8.71. The van der Waals surface area contributed by atoms with E-state index in [9.17, 15) is 5.11 Å². The first-order valence-electron chi connectivity index (χ1n) is 6.70. The van der Waals surface area contributed by atoms with Gasteiger partial charge in [-0.2, -0.15) is 0 Å². The molecule has 0 amide bonds. The maximum atomic E-state index is 9.63. The number of aliphatic hydroxyl groups excluding tert-OH is 1. The molecule has 3 heteroatoms. The van der Waals surface area contributed by atoms with Gasteiger partial charge in [-0.1, -0.05) is 22.0 Å². The van der Waals surface area contributed by atoms with Gasteiger partial charge in [-0.25, -0.2) is 0 Å². The van der Waals surface area contributed by atoms with E-state index in [0.717, 1.165) is 28.5 Å². The highest BCUT2D eigenvalue weighted by Crippen LogP contribution is 2.60. The quantitative estimate of drug-likeness (QED) is 0.900. The highest BCUT2D eigenvalue weighted by Gasteiger charge is 2.53. The standard InChI is InChI=1S/C15H19BrO2/c16-13-2-1-3-14(7-13)18-5-4-15(10-17)8-11-6-12(11)9-15/h1-3,7,11-12,17H,4-6,8-10H2. The summed E-state index contributed by atoms with van der Waals surface area (Å²) in [5.41, 5.74) is 0.152. The smallest absolute Gasteiger partial charge is 0.120 e. The van der Waals surface area contributed by atoms with Crippen LogP contribution in [0.15, 0.2) is 28.7 Å². The highest BCUT2D eigenvalue weighted by molar-refractivity contribution is 9.10. The summed E-state index contributed by atoms with van der Waals surface area (Å²) in [6, 6.07) is 7.93. The predicted molar refractivity (Wildman–Crippen MR) is 74.6 cm³/mol. The van der Waals surface area contributed by atoms with Gasteiger partial charge in [0.15, 0.2) is 0 Å². The first kappa shape index (κ1) is 12.5. The number of benzene rings is 1. The molecule has 0 aromatic heterocycles. The fourth-order valence-corrected chi connectivity index (χ4v) is 3.74. The van der Waals surface area contributed by atoms with Crippen LogP contribution in [0.3, 0.4) is 0 Å². The van der Waals surface area contributed by atoms with E-state index in [0.29, 0.717) is 13.2 Å². The summed E-state index contributed by atoms with van der Waals surface area (Å²) >= 11 is 3.44. The number of halogens is 1. The van der Waals surface area contributed by atoms with Crippen LogP contribution in [0, 0.1) is 17.3 Å². The van der Waals surface area contributed by atoms with E-state index in [-0.39, 0.29) is 5.41 Å². The first-order valence-corrected chi connectivity index (χ1v) is 7.49. The molecule has 2 atom stereocenters. The summed E-state index contributed by atoms with van der Waals surface area (Å²) in [5.74, 6) is 2.71. The third-order valence-electron chi connectivity index (χ3n) is 4.49. The zero-order valence-electron chi connectivity index (χ0n) is 10.4. The third-order valence-corrected chi connectivity index (χ3v) is 4.99. The molecule has 2 fully saturated rings. The molecule has 0 heterocycles. The second-order valence-corrected chi connectivity index (χ2v) is 6.79. The molecule has 3 rings (SSSR count). The van der Waals surface area contributed by atoms with Crippen molar-refractivity contribution < 1.29 is 9.84 Å². The lowest BCUT2D eigenvalue weighted by molar-refractivity contribution is 0.0891. The minimum atomic E-state index is 0.152. The van der Waals surface area contributed by atoms with Crippen molar-refractivity contribution in [1.29, 1.82) is 0 Å². The summed E-state index contributed by atoms with van der Waals surface area (Å²) < 4.78 is 6.83. The van der Waals surface area contributed by atoms with Crippen molar-refractivity contribution in [3.8, 4) is 5.75 Å². The molecular formula is C15H19BrO2. The van der Waals surface area contributed by atoms with E-state index < -0.39 is 0 Å². The van der Waals surface area contributed by atoms with Crippen molar-refractivity contribution >= 4 is 15.9 Å². The van der Waals surface area contributed by atoms with Crippen LogP contribution in [0.2, 0.25) is 0 Å². The van der Waals surface area contributed by atoms with Crippen molar-refractivity contribution in [2.75, 3.05) is 13.2 Å². The SMILES string of the molecule is OCC1(CCOc2cccc(Br)c2)CC2CC2C1. The Balaban J connectivity index is 1.52. The fourth-order valence-electron chi connectivity index (χ4n) is 3.36. The molecule has 0 aliphatic heterocycles. The van der Waals surface area contributed by atoms with Crippen LogP contribution in [-0.2, 0) is 0 Å². The van der Waals surface area contributed by atoms with Crippen molar-refractivity contribution in [2.45, 2.75) is 25.7 Å². The van der Waals surface area contributed by atoms with E-state index >= 15 is 0 Å². The van der Waals surface area contributed by atoms with Gasteiger partial charge in [0, 0.05) is 11.1 Å². The minimum absolute atomic E-state index is 0.152. The van der Waals surface area contributed by atoms with Crippen LogP contribution in [0.1, 0.15) is 25.7 Å². The van der Waals surface area contributed by atoms with Crippen molar-refractivity contribution in [3.05, 3.63) is 28.7 Å². The Hall–Kier alpha value is -0.540. The van der Waals surface area contributed by atoms with E-state index in [2.05, 4.69) is 15.9 Å². The van der Waals surface area contributed by atoms with Crippen LogP contribution in [-0.4, -0.2) is 18.3 Å². The summed E-state index contributed by atoms with van der Waals surface area (Å²) in [6.07, 6.45) is 4.78. The molecule has 98 valence electrons. The number of ether oxygens (including phenoxy) is 1. The molecule has 0 saturated heterocycles. The van der Waals surface area contributed by atoms with E-state index in [1.54, 1.807) is 0 Å². The van der Waals surface area contributed by atoms with Gasteiger partial charge in [0.05, 0.1) is 6.61 Å². The second-order valence-electron chi connectivity index (χ2n) is 5.88. The minimum Gasteiger partial charge on any atom is -0.494 e. The zero-order chi connectivity index (χ0) is 12.6. The van der Waals surface area contributed by atoms with Crippen LogP contribution in [0.25, 0.3) is 0 Å². The molecular weight excluding hydrogens is 292 g/mol. The van der Waals surface area contributed by atoms with Gasteiger partial charge in [-0.05, 0) is 61.1 Å². The Morgan fingerprint density at radius 1 is 1.33 bits per heavy atom. The highest BCUT2D eigenvalue weighted by atomic mass is 79.9. The third kappa shape index (κ3) is 2.57. The van der Waals surface area contributed by atoms with Gasteiger partial charge in [-0.15, -0.1) is 0 Å². The second kappa shape index (κ2) is 4.86. The molecule has 2 unspecified atom stereocenters. The molecule has 2 aliphatic carbocycles. The molecule has 1 N–H and O–H groups in total. The van der Waals surface area contributed by atoms with Gasteiger partial charge >= 0.3 is 0 Å². The van der Waals surface area contributed by atoms with Gasteiger partial charge in [0.1, 0.15) is 5.75 Å². The Kier molecular flexibility index (Phi) is 3.37. The van der Waals surface area contributed by atoms with E-state index in [4.69, 9.17) is 4.74 Å². The van der Waals surface area contributed by atoms with Crippen molar-refractivity contribution in [3.63, 3.8) is 0 Å². The Bertz CT molecular complexity index is 422. The monoisotopic (exact) mass is 310 g/mol. The molecule has 2 nitrogen and oxygen atoms in total. The Morgan fingerprint density at radius 3 is 2.78 bits per heavy atom. The Morgan fingerprint density at radius 2 is 2.11 bits per heavy atom. The molecule has 0 bridgehead atoms. The summed E-state index contributed by atoms with van der Waals surface area (Å²) in [7, 11) is 0. The molecule has 18 heavy (non-hydrogen) atoms. The van der Waals surface area contributed by atoms with Crippen LogP contribution in [0.5, 0.6) is 5.75 Å². The average Bonchev–Trinajstić information content (AvgIpc) is 2.98. The molecule has 1 aromatic carbocycles. The van der Waals surface area contributed by atoms with Gasteiger partial charge < -0.3 is 9.84 Å². The maximum absolute atomic E-state index is 9.63. The van der Waals surface area contributed by atoms with E-state index in [1.165, 1.54) is 19.3 Å². The van der Waals surface area contributed by atoms with Crippen LogP contribution in [0.4, 0.5) is 0 Å². The lowest BCUT2D eigenvalue weighted by atomic mass is 9.81. The summed E-state index contributed by atoms with van der Waals surface area (Å²) in [6.45, 7) is 1.03. The van der Waals surface area contributed by atoms with Gasteiger partial charge in [0.2, 0.25) is 0 Å². The zero-order valence-corrected chi connectivity index (χ0v) is 12.0. The average molecular weight is 311 g/mol. The lowest BCUT2D eigenvalue weighted by Gasteiger charge is -2.28. The predicted octanol–water partition coefficient (Wildman–Crippen LogP) is 3.63. The van der Waals surface area contributed by atoms with Gasteiger partial charge in [0.25, 0.3) is 0 Å². The molecule has 2 aliphatic rings. The summed E-state index contributed by atoms with van der Waals surface area (Å²) in [5, 5.41) is 9.63. The fraction of sp³-hybridized carbons (Fsp3) is 0.600. The molecule has 0 radical (unpaired) electrons. The Labute approximate surface area is 116 Å². The largest absolute Gasteiger partial charge is 0.494 e.